The molecule has 9 nitrogen and oxygen atoms in total. The molecule has 1 heterocycles. The Hall–Kier alpha value is -4.47. The first kappa shape index (κ1) is 30.1. The Labute approximate surface area is 233 Å². The van der Waals surface area contributed by atoms with Crippen LogP contribution in [0.2, 0.25) is 0 Å². The van der Waals surface area contributed by atoms with Gasteiger partial charge in [0.15, 0.2) is 0 Å². The highest BCUT2D eigenvalue weighted by Crippen LogP contribution is 2.35. The molecule has 1 atom stereocenters. The molecule has 3 rings (SSSR count). The molecule has 0 aliphatic heterocycles. The Balaban J connectivity index is 2.06. The lowest BCUT2D eigenvalue weighted by atomic mass is 9.94. The average Bonchev–Trinajstić information content (AvgIpc) is 2.99. The molecule has 0 saturated heterocycles. The third-order valence-electron chi connectivity index (χ3n) is 5.90. The third kappa shape index (κ3) is 8.02. The lowest BCUT2D eigenvalue weighted by molar-refractivity contribution is 0.0302. The van der Waals surface area contributed by atoms with E-state index in [1.165, 1.54) is 26.6 Å². The van der Waals surface area contributed by atoms with E-state index >= 15 is 0 Å². The molecule has 1 N–H and O–H groups in total. The minimum Gasteiger partial charge on any atom is -0.496 e. The first-order chi connectivity index (χ1) is 19.4. The van der Waals surface area contributed by atoms with Crippen molar-refractivity contribution in [2.75, 3.05) is 41.2 Å². The Morgan fingerprint density at radius 1 is 1.00 bits per heavy atom. The van der Waals surface area contributed by atoms with Gasteiger partial charge in [-0.2, -0.15) is 0 Å². The standard InChI is InChI=1S/C31H33NO8/c1-21(20-36-2)26(27-19-24(30(34)38-4)8-10-29(27)37-3)9-11-28(40-31(35)22-12-14-32-15-13-22)23-6-5-7-25(18-23)39-17-16-33/h5-10,12-15,18-19,28,33H,1,11,16-17,20H2,2-4H3/b26-9-/t28-/m0/s1. The van der Waals surface area contributed by atoms with Crippen LogP contribution < -0.4 is 9.47 Å². The van der Waals surface area contributed by atoms with Gasteiger partial charge in [0.25, 0.3) is 0 Å². The molecule has 1 aromatic heterocycles. The van der Waals surface area contributed by atoms with Crippen molar-refractivity contribution in [2.24, 2.45) is 0 Å². The summed E-state index contributed by atoms with van der Waals surface area (Å²) >= 11 is 0. The predicted molar refractivity (Wildman–Crippen MR) is 149 cm³/mol. The molecule has 0 bridgehead atoms. The lowest BCUT2D eigenvalue weighted by Gasteiger charge is -2.20. The third-order valence-corrected chi connectivity index (χ3v) is 5.90. The minimum absolute atomic E-state index is 0.127. The lowest BCUT2D eigenvalue weighted by Crippen LogP contribution is -2.12. The highest BCUT2D eigenvalue weighted by atomic mass is 16.5. The molecule has 9 heteroatoms. The number of carbonyl (C=O) groups is 2. The van der Waals surface area contributed by atoms with Crippen molar-refractivity contribution in [1.82, 2.24) is 4.98 Å². The van der Waals surface area contributed by atoms with E-state index in [2.05, 4.69) is 11.6 Å². The van der Waals surface area contributed by atoms with Crippen molar-refractivity contribution in [2.45, 2.75) is 12.5 Å². The summed E-state index contributed by atoms with van der Waals surface area (Å²) in [6.07, 6.45) is 4.42. The second-order valence-electron chi connectivity index (χ2n) is 8.57. The fourth-order valence-electron chi connectivity index (χ4n) is 3.99. The zero-order valence-electron chi connectivity index (χ0n) is 22.8. The van der Waals surface area contributed by atoms with E-state index in [9.17, 15) is 9.59 Å². The number of aliphatic hydroxyl groups excluding tert-OH is 1. The van der Waals surface area contributed by atoms with Crippen molar-refractivity contribution in [3.05, 3.63) is 107 Å². The highest BCUT2D eigenvalue weighted by Gasteiger charge is 2.21. The number of methoxy groups -OCH3 is 3. The van der Waals surface area contributed by atoms with Gasteiger partial charge in [-0.3, -0.25) is 4.98 Å². The predicted octanol–water partition coefficient (Wildman–Crippen LogP) is 4.82. The van der Waals surface area contributed by atoms with E-state index in [-0.39, 0.29) is 26.2 Å². The van der Waals surface area contributed by atoms with E-state index in [0.29, 0.717) is 44.9 Å². The quantitative estimate of drug-likeness (QED) is 0.224. The van der Waals surface area contributed by atoms with Gasteiger partial charge in [-0.1, -0.05) is 24.8 Å². The zero-order valence-corrected chi connectivity index (χ0v) is 22.8. The van der Waals surface area contributed by atoms with Crippen LogP contribution in [0.3, 0.4) is 0 Å². The number of pyridine rings is 1. The molecule has 0 aliphatic rings. The molecule has 0 amide bonds. The summed E-state index contributed by atoms with van der Waals surface area (Å²) < 4.78 is 27.4. The van der Waals surface area contributed by atoms with E-state index in [1.807, 2.05) is 12.1 Å². The van der Waals surface area contributed by atoms with Crippen molar-refractivity contribution < 1.29 is 38.4 Å². The summed E-state index contributed by atoms with van der Waals surface area (Å²) in [7, 11) is 4.40. The molecule has 0 radical (unpaired) electrons. The number of carbonyl (C=O) groups excluding carboxylic acids is 2. The van der Waals surface area contributed by atoms with Gasteiger partial charge >= 0.3 is 11.9 Å². The Kier molecular flexibility index (Phi) is 11.4. The summed E-state index contributed by atoms with van der Waals surface area (Å²) in [5.74, 6) is 0.0207. The second-order valence-corrected chi connectivity index (χ2v) is 8.57. The fourth-order valence-corrected chi connectivity index (χ4v) is 3.99. The molecule has 0 saturated carbocycles. The topological polar surface area (TPSA) is 113 Å². The van der Waals surface area contributed by atoms with E-state index in [4.69, 9.17) is 28.8 Å². The number of hydrogen-bond acceptors (Lipinski definition) is 9. The minimum atomic E-state index is -0.724. The van der Waals surface area contributed by atoms with Gasteiger partial charge < -0.3 is 28.8 Å². The number of hydrogen-bond donors (Lipinski definition) is 1. The first-order valence-electron chi connectivity index (χ1n) is 12.5. The number of nitrogens with zero attached hydrogens (tertiary/aromatic N) is 1. The summed E-state index contributed by atoms with van der Waals surface area (Å²) in [5.41, 5.74) is 3.26. The van der Waals surface area contributed by atoms with Crippen molar-refractivity contribution in [3.63, 3.8) is 0 Å². The maximum atomic E-state index is 13.0. The largest absolute Gasteiger partial charge is 0.496 e. The van der Waals surface area contributed by atoms with Crippen LogP contribution in [0.5, 0.6) is 11.5 Å². The van der Waals surface area contributed by atoms with Crippen LogP contribution in [-0.4, -0.2) is 63.2 Å². The number of benzene rings is 2. The fraction of sp³-hybridized carbons (Fsp3) is 0.258. The Morgan fingerprint density at radius 3 is 2.45 bits per heavy atom. The molecule has 210 valence electrons. The molecule has 0 aliphatic carbocycles. The SMILES string of the molecule is C=C(COC)/C(=C/C[C@H](OC(=O)c1ccncc1)c1cccc(OCCO)c1)c1cc(C(=O)OC)ccc1OC. The van der Waals surface area contributed by atoms with Gasteiger partial charge in [0.05, 0.1) is 38.6 Å². The van der Waals surface area contributed by atoms with Gasteiger partial charge in [0.1, 0.15) is 24.2 Å². The van der Waals surface area contributed by atoms with Gasteiger partial charge in [-0.25, -0.2) is 9.59 Å². The van der Waals surface area contributed by atoms with Crippen LogP contribution >= 0.6 is 0 Å². The van der Waals surface area contributed by atoms with E-state index in [1.54, 1.807) is 55.6 Å². The van der Waals surface area contributed by atoms with Crippen molar-refractivity contribution in [3.8, 4) is 11.5 Å². The maximum absolute atomic E-state index is 13.0. The van der Waals surface area contributed by atoms with Gasteiger partial charge in [0, 0.05) is 31.5 Å². The Bertz CT molecular complexity index is 1340. The van der Waals surface area contributed by atoms with Crippen LogP contribution in [0.4, 0.5) is 0 Å². The summed E-state index contributed by atoms with van der Waals surface area (Å²) in [5, 5.41) is 9.15. The summed E-state index contributed by atoms with van der Waals surface area (Å²) in [6, 6.07) is 15.2. The van der Waals surface area contributed by atoms with Crippen LogP contribution in [-0.2, 0) is 14.2 Å². The summed E-state index contributed by atoms with van der Waals surface area (Å²) in [4.78, 5) is 29.3. The number of rotatable bonds is 14. The number of aromatic nitrogens is 1. The molecule has 2 aromatic carbocycles. The molecular weight excluding hydrogens is 514 g/mol. The van der Waals surface area contributed by atoms with E-state index in [0.717, 1.165) is 0 Å². The molecule has 0 fully saturated rings. The highest BCUT2D eigenvalue weighted by molar-refractivity contribution is 5.93. The van der Waals surface area contributed by atoms with Crippen LogP contribution in [0.1, 0.15) is 44.4 Å². The van der Waals surface area contributed by atoms with Crippen LogP contribution in [0, 0.1) is 0 Å². The normalized spacial score (nSPS) is 11.8. The zero-order chi connectivity index (χ0) is 28.9. The first-order valence-corrected chi connectivity index (χ1v) is 12.5. The number of esters is 2. The average molecular weight is 548 g/mol. The second kappa shape index (κ2) is 15.2. The smallest absolute Gasteiger partial charge is 0.338 e. The number of ether oxygens (including phenoxy) is 5. The molecule has 0 unspecified atom stereocenters. The van der Waals surface area contributed by atoms with Crippen LogP contribution in [0.25, 0.3) is 5.57 Å². The molecule has 40 heavy (non-hydrogen) atoms. The Morgan fingerprint density at radius 2 is 1.77 bits per heavy atom. The van der Waals surface area contributed by atoms with Gasteiger partial charge in [0.2, 0.25) is 0 Å². The van der Waals surface area contributed by atoms with Gasteiger partial charge in [-0.05, 0) is 59.2 Å². The number of aliphatic hydroxyl groups is 1. The molecular formula is C31H33NO8. The monoisotopic (exact) mass is 547 g/mol. The maximum Gasteiger partial charge on any atom is 0.338 e. The summed E-state index contributed by atoms with van der Waals surface area (Å²) in [6.45, 7) is 4.38. The molecule has 0 spiro atoms. The van der Waals surface area contributed by atoms with Crippen LogP contribution in [0.15, 0.2) is 85.2 Å². The van der Waals surface area contributed by atoms with Crippen molar-refractivity contribution >= 4 is 17.5 Å². The van der Waals surface area contributed by atoms with Crippen molar-refractivity contribution in [1.29, 1.82) is 0 Å². The van der Waals surface area contributed by atoms with Gasteiger partial charge in [-0.15, -0.1) is 0 Å². The van der Waals surface area contributed by atoms with E-state index < -0.39 is 18.0 Å². The molecule has 3 aromatic rings.